The molecular formula is C18H23N5O2. The Morgan fingerprint density at radius 2 is 1.84 bits per heavy atom. The van der Waals surface area contributed by atoms with Crippen LogP contribution in [-0.4, -0.2) is 43.2 Å². The molecule has 1 aliphatic rings. The molecule has 7 nitrogen and oxygen atoms in total. The minimum Gasteiger partial charge on any atom is -0.480 e. The molecule has 0 aliphatic carbocycles. The summed E-state index contributed by atoms with van der Waals surface area (Å²) in [6.45, 7) is 6.71. The van der Waals surface area contributed by atoms with E-state index in [1.807, 2.05) is 36.1 Å². The van der Waals surface area contributed by atoms with Gasteiger partial charge in [0.05, 0.1) is 31.0 Å². The smallest absolute Gasteiger partial charge is 0.331 e. The molecule has 0 fully saturated rings. The van der Waals surface area contributed by atoms with Gasteiger partial charge in [0, 0.05) is 6.20 Å². The standard InChI is InChI=1S/C18H23N5O2/c1-12-8-20-22(9-12)10-15-4-6-16(7-5-15)11-23-14(3)18(19,17(24)25)13(2)21-23/h4-9,14H,10-11,19H2,1-3H3,(H,24,25). The molecule has 3 rings (SSSR count). The third kappa shape index (κ3) is 3.15. The average Bonchev–Trinajstić information content (AvgIpc) is 3.07. The van der Waals surface area contributed by atoms with Gasteiger partial charge in [-0.3, -0.25) is 9.69 Å². The van der Waals surface area contributed by atoms with E-state index in [-0.39, 0.29) is 0 Å². The fourth-order valence-corrected chi connectivity index (χ4v) is 3.08. The molecule has 1 aliphatic heterocycles. The number of aliphatic carboxylic acids is 1. The van der Waals surface area contributed by atoms with Crippen LogP contribution in [0, 0.1) is 6.92 Å². The van der Waals surface area contributed by atoms with E-state index in [0.29, 0.717) is 12.3 Å². The lowest BCUT2D eigenvalue weighted by atomic mass is 9.89. The number of aryl methyl sites for hydroxylation is 1. The maximum absolute atomic E-state index is 11.5. The molecule has 2 aromatic rings. The third-order valence-electron chi connectivity index (χ3n) is 4.81. The number of hydrogen-bond donors (Lipinski definition) is 2. The zero-order valence-electron chi connectivity index (χ0n) is 14.7. The summed E-state index contributed by atoms with van der Waals surface area (Å²) in [7, 11) is 0. The largest absolute Gasteiger partial charge is 0.480 e. The summed E-state index contributed by atoms with van der Waals surface area (Å²) in [6.07, 6.45) is 3.84. The Morgan fingerprint density at radius 3 is 2.32 bits per heavy atom. The molecule has 3 N–H and O–H groups in total. The Hall–Kier alpha value is -2.67. The summed E-state index contributed by atoms with van der Waals surface area (Å²) in [5.41, 5.74) is 8.40. The number of hydrazone groups is 1. The predicted molar refractivity (Wildman–Crippen MR) is 95.2 cm³/mol. The van der Waals surface area contributed by atoms with Gasteiger partial charge in [0.15, 0.2) is 5.54 Å². The molecule has 0 radical (unpaired) electrons. The Balaban J connectivity index is 1.69. The van der Waals surface area contributed by atoms with Crippen molar-refractivity contribution < 1.29 is 9.90 Å². The second-order valence-electron chi connectivity index (χ2n) is 6.66. The summed E-state index contributed by atoms with van der Waals surface area (Å²) >= 11 is 0. The second kappa shape index (κ2) is 6.33. The number of benzene rings is 1. The maximum Gasteiger partial charge on any atom is 0.331 e. The number of aromatic nitrogens is 2. The van der Waals surface area contributed by atoms with E-state index in [1.165, 1.54) is 0 Å². The molecule has 1 aromatic heterocycles. The van der Waals surface area contributed by atoms with Crippen LogP contribution in [0.4, 0.5) is 0 Å². The van der Waals surface area contributed by atoms with Gasteiger partial charge < -0.3 is 10.8 Å². The summed E-state index contributed by atoms with van der Waals surface area (Å²) in [6, 6.07) is 7.76. The van der Waals surface area contributed by atoms with Crippen molar-refractivity contribution in [3.8, 4) is 0 Å². The second-order valence-corrected chi connectivity index (χ2v) is 6.66. The normalized spacial score (nSPS) is 23.0. The molecule has 25 heavy (non-hydrogen) atoms. The van der Waals surface area contributed by atoms with Crippen molar-refractivity contribution in [2.24, 2.45) is 10.8 Å². The summed E-state index contributed by atoms with van der Waals surface area (Å²) in [4.78, 5) is 11.5. The first-order valence-electron chi connectivity index (χ1n) is 8.22. The van der Waals surface area contributed by atoms with Crippen molar-refractivity contribution in [2.75, 3.05) is 0 Å². The number of nitrogens with zero attached hydrogens (tertiary/aromatic N) is 4. The van der Waals surface area contributed by atoms with Crippen LogP contribution < -0.4 is 5.73 Å². The third-order valence-corrected chi connectivity index (χ3v) is 4.81. The van der Waals surface area contributed by atoms with Crippen molar-refractivity contribution in [2.45, 2.75) is 45.4 Å². The van der Waals surface area contributed by atoms with Crippen molar-refractivity contribution in [1.29, 1.82) is 0 Å². The highest BCUT2D eigenvalue weighted by Gasteiger charge is 2.50. The quantitative estimate of drug-likeness (QED) is 0.861. The van der Waals surface area contributed by atoms with Gasteiger partial charge in [0.1, 0.15) is 0 Å². The summed E-state index contributed by atoms with van der Waals surface area (Å²) in [5, 5.41) is 19.8. The first-order chi connectivity index (χ1) is 11.8. The number of carbonyl (C=O) groups is 1. The number of rotatable bonds is 5. The highest BCUT2D eigenvalue weighted by Crippen LogP contribution is 2.26. The molecule has 2 atom stereocenters. The van der Waals surface area contributed by atoms with Gasteiger partial charge in [-0.1, -0.05) is 24.3 Å². The minimum atomic E-state index is -1.43. The van der Waals surface area contributed by atoms with E-state index in [0.717, 1.165) is 23.2 Å². The first kappa shape index (κ1) is 17.2. The lowest BCUT2D eigenvalue weighted by Gasteiger charge is -2.29. The highest BCUT2D eigenvalue weighted by molar-refractivity contribution is 6.11. The Kier molecular flexibility index (Phi) is 4.34. The van der Waals surface area contributed by atoms with E-state index < -0.39 is 17.6 Å². The molecule has 2 heterocycles. The molecule has 132 valence electrons. The van der Waals surface area contributed by atoms with Crippen LogP contribution in [-0.2, 0) is 17.9 Å². The fourth-order valence-electron chi connectivity index (χ4n) is 3.08. The summed E-state index contributed by atoms with van der Waals surface area (Å²) < 4.78 is 1.90. The Morgan fingerprint density at radius 1 is 1.24 bits per heavy atom. The van der Waals surface area contributed by atoms with E-state index >= 15 is 0 Å². The van der Waals surface area contributed by atoms with E-state index in [9.17, 15) is 9.90 Å². The number of nitrogens with two attached hydrogens (primary N) is 1. The maximum atomic E-state index is 11.5. The van der Waals surface area contributed by atoms with Crippen molar-refractivity contribution in [3.63, 3.8) is 0 Å². The van der Waals surface area contributed by atoms with Gasteiger partial charge in [0.25, 0.3) is 0 Å². The highest BCUT2D eigenvalue weighted by atomic mass is 16.4. The monoisotopic (exact) mass is 341 g/mol. The summed E-state index contributed by atoms with van der Waals surface area (Å²) in [5.74, 6) is -1.05. The molecule has 0 saturated heterocycles. The first-order valence-corrected chi connectivity index (χ1v) is 8.22. The van der Waals surface area contributed by atoms with Crippen LogP contribution in [0.25, 0.3) is 0 Å². The van der Waals surface area contributed by atoms with Crippen LogP contribution in [0.3, 0.4) is 0 Å². The molecule has 2 unspecified atom stereocenters. The van der Waals surface area contributed by atoms with Gasteiger partial charge in [-0.15, -0.1) is 0 Å². The van der Waals surface area contributed by atoms with Gasteiger partial charge in [0.2, 0.25) is 0 Å². The molecule has 0 amide bonds. The molecule has 7 heteroatoms. The van der Waals surface area contributed by atoms with Crippen LogP contribution in [0.2, 0.25) is 0 Å². The SMILES string of the molecule is CC1=NN(Cc2ccc(Cn3cc(C)cn3)cc2)C(C)C1(N)C(=O)O. The van der Waals surface area contributed by atoms with E-state index in [2.05, 4.69) is 22.3 Å². The van der Waals surface area contributed by atoms with Crippen molar-refractivity contribution >= 4 is 11.7 Å². The molecule has 1 aromatic carbocycles. The van der Waals surface area contributed by atoms with Gasteiger partial charge in [-0.25, -0.2) is 4.79 Å². The minimum absolute atomic E-state index is 0.406. The van der Waals surface area contributed by atoms with Crippen LogP contribution in [0.1, 0.15) is 30.5 Å². The van der Waals surface area contributed by atoms with Crippen LogP contribution in [0.5, 0.6) is 0 Å². The number of carboxylic acids is 1. The average molecular weight is 341 g/mol. The van der Waals surface area contributed by atoms with E-state index in [1.54, 1.807) is 18.9 Å². The van der Waals surface area contributed by atoms with Crippen molar-refractivity contribution in [1.82, 2.24) is 14.8 Å². The Bertz CT molecular complexity index is 811. The van der Waals surface area contributed by atoms with Crippen molar-refractivity contribution in [3.05, 3.63) is 53.3 Å². The Labute approximate surface area is 146 Å². The van der Waals surface area contributed by atoms with E-state index in [4.69, 9.17) is 5.73 Å². The van der Waals surface area contributed by atoms with Gasteiger partial charge in [-0.2, -0.15) is 10.2 Å². The zero-order chi connectivity index (χ0) is 18.2. The van der Waals surface area contributed by atoms with Gasteiger partial charge >= 0.3 is 5.97 Å². The molecular weight excluding hydrogens is 318 g/mol. The number of hydrogen-bond acceptors (Lipinski definition) is 5. The molecule has 0 bridgehead atoms. The van der Waals surface area contributed by atoms with Gasteiger partial charge in [-0.05, 0) is 37.5 Å². The van der Waals surface area contributed by atoms with Crippen LogP contribution in [0.15, 0.2) is 41.8 Å². The fraction of sp³-hybridized carbons (Fsp3) is 0.389. The zero-order valence-corrected chi connectivity index (χ0v) is 14.7. The molecule has 0 saturated carbocycles. The lowest BCUT2D eigenvalue weighted by molar-refractivity contribution is -0.142. The lowest BCUT2D eigenvalue weighted by Crippen LogP contribution is -2.61. The van der Waals surface area contributed by atoms with Crippen LogP contribution >= 0.6 is 0 Å². The molecule has 0 spiro atoms. The number of carboxylic acid groups (broad SMARTS) is 1. The predicted octanol–water partition coefficient (Wildman–Crippen LogP) is 1.60. The topological polar surface area (TPSA) is 96.7 Å².